The van der Waals surface area contributed by atoms with E-state index in [0.717, 1.165) is 12.8 Å². The van der Waals surface area contributed by atoms with E-state index in [1.807, 2.05) is 0 Å². The minimum atomic E-state index is -5.08. The zero-order valence-electron chi connectivity index (χ0n) is 18.1. The molecule has 0 amide bonds. The summed E-state index contributed by atoms with van der Waals surface area (Å²) in [7, 11) is 1.67. The van der Waals surface area contributed by atoms with Crippen molar-refractivity contribution in [3.05, 3.63) is 0 Å². The number of rotatable bonds is 11. The van der Waals surface area contributed by atoms with Crippen LogP contribution in [0.1, 0.15) is 65.2 Å². The normalized spacial score (nSPS) is 24.0. The summed E-state index contributed by atoms with van der Waals surface area (Å²) < 4.78 is 48.8. The average Bonchev–Trinajstić information content (AvgIpc) is 2.68. The molecule has 178 valence electrons. The number of carbonyl (C=O) groups is 2. The summed E-state index contributed by atoms with van der Waals surface area (Å²) in [5.41, 5.74) is 5.38. The molecule has 1 heterocycles. The van der Waals surface area contributed by atoms with E-state index in [1.54, 1.807) is 7.11 Å². The Hall–Kier alpha value is -1.39. The lowest BCUT2D eigenvalue weighted by atomic mass is 9.90. The summed E-state index contributed by atoms with van der Waals surface area (Å²) in [6.45, 7) is 4.83. The monoisotopic (exact) mass is 443 g/mol. The van der Waals surface area contributed by atoms with Crippen LogP contribution in [0.3, 0.4) is 0 Å². The summed E-state index contributed by atoms with van der Waals surface area (Å²) in [5, 5.41) is 7.12. The van der Waals surface area contributed by atoms with Crippen molar-refractivity contribution in [2.45, 2.75) is 89.7 Å². The van der Waals surface area contributed by atoms with E-state index in [-0.39, 0.29) is 36.7 Å². The molecule has 7 nitrogen and oxygen atoms in total. The summed E-state index contributed by atoms with van der Waals surface area (Å²) in [6, 6.07) is 0. The summed E-state index contributed by atoms with van der Waals surface area (Å²) in [6.07, 6.45) is 4.09. The molecular weight excluding hydrogens is 407 g/mol. The lowest BCUT2D eigenvalue weighted by Crippen LogP contribution is -2.52. The van der Waals surface area contributed by atoms with E-state index in [4.69, 9.17) is 29.8 Å². The van der Waals surface area contributed by atoms with Gasteiger partial charge in [-0.15, -0.1) is 0 Å². The third kappa shape index (κ3) is 11.7. The van der Waals surface area contributed by atoms with E-state index in [1.165, 1.54) is 38.5 Å². The average molecular weight is 444 g/mol. The van der Waals surface area contributed by atoms with Gasteiger partial charge in [-0.1, -0.05) is 58.8 Å². The second-order valence-corrected chi connectivity index (χ2v) is 7.42. The number of methoxy groups -OCH3 is 1. The Balaban J connectivity index is 0.00000103. The van der Waals surface area contributed by atoms with Crippen LogP contribution < -0.4 is 5.73 Å². The molecule has 0 aromatic heterocycles. The van der Waals surface area contributed by atoms with Crippen molar-refractivity contribution < 1.29 is 42.1 Å². The lowest BCUT2D eigenvalue weighted by Gasteiger charge is -2.40. The summed E-state index contributed by atoms with van der Waals surface area (Å²) in [4.78, 5) is 20.5. The van der Waals surface area contributed by atoms with Crippen LogP contribution in [-0.4, -0.2) is 61.8 Å². The van der Waals surface area contributed by atoms with Gasteiger partial charge in [0.2, 0.25) is 0 Å². The second kappa shape index (κ2) is 15.4. The maximum Gasteiger partial charge on any atom is 0.490 e. The molecule has 0 aromatic rings. The Morgan fingerprint density at radius 3 is 2.10 bits per heavy atom. The van der Waals surface area contributed by atoms with Gasteiger partial charge in [-0.2, -0.15) is 13.2 Å². The van der Waals surface area contributed by atoms with Crippen molar-refractivity contribution in [3.8, 4) is 0 Å². The molecule has 10 heteroatoms. The molecular formula is C20H36F3NO6. The van der Waals surface area contributed by atoms with Gasteiger partial charge in [0.25, 0.3) is 0 Å². The predicted molar refractivity (Wildman–Crippen MR) is 105 cm³/mol. The number of aliphatic carboxylic acids is 1. The minimum absolute atomic E-state index is 0.0812. The molecule has 1 rings (SSSR count). The largest absolute Gasteiger partial charge is 0.490 e. The third-order valence-electron chi connectivity index (χ3n) is 4.87. The topological polar surface area (TPSA) is 108 Å². The Morgan fingerprint density at radius 1 is 1.10 bits per heavy atom. The van der Waals surface area contributed by atoms with Crippen LogP contribution in [0.4, 0.5) is 13.2 Å². The van der Waals surface area contributed by atoms with Crippen molar-refractivity contribution in [1.82, 2.24) is 0 Å². The molecule has 0 radical (unpaired) electrons. The third-order valence-corrected chi connectivity index (χ3v) is 4.87. The number of unbranched alkanes of at least 4 members (excludes halogenated alkanes) is 6. The zero-order valence-corrected chi connectivity index (χ0v) is 18.1. The van der Waals surface area contributed by atoms with Gasteiger partial charge in [-0.05, 0) is 6.42 Å². The van der Waals surface area contributed by atoms with Crippen LogP contribution in [0.25, 0.3) is 0 Å². The maximum absolute atomic E-state index is 11.6. The van der Waals surface area contributed by atoms with E-state index in [2.05, 4.69) is 13.8 Å². The fourth-order valence-electron chi connectivity index (χ4n) is 3.26. The molecule has 0 bridgehead atoms. The number of alkyl halides is 3. The number of esters is 1. The summed E-state index contributed by atoms with van der Waals surface area (Å²) in [5.74, 6) is -2.94. The number of hydrogen-bond acceptors (Lipinski definition) is 6. The molecule has 4 atom stereocenters. The van der Waals surface area contributed by atoms with Gasteiger partial charge in [0.15, 0.2) is 6.10 Å². The number of carbonyl (C=O) groups excluding carboxylic acids is 1. The highest BCUT2D eigenvalue weighted by Crippen LogP contribution is 2.28. The molecule has 1 fully saturated rings. The number of carboxylic acid groups (broad SMARTS) is 1. The second-order valence-electron chi connectivity index (χ2n) is 7.42. The number of carboxylic acids is 1. The van der Waals surface area contributed by atoms with Gasteiger partial charge in [0.05, 0.1) is 19.3 Å². The molecule has 1 aliphatic rings. The first-order chi connectivity index (χ1) is 14.1. The smallest absolute Gasteiger partial charge is 0.475 e. The number of ether oxygens (including phenoxy) is 3. The molecule has 0 aromatic carbocycles. The lowest BCUT2D eigenvalue weighted by molar-refractivity contribution is -0.199. The number of nitrogens with two attached hydrogens (primary N) is 1. The number of hydrogen-bond donors (Lipinski definition) is 2. The van der Waals surface area contributed by atoms with E-state index in [0.29, 0.717) is 6.61 Å². The van der Waals surface area contributed by atoms with Gasteiger partial charge in [-0.3, -0.25) is 4.79 Å². The molecule has 1 aliphatic heterocycles. The van der Waals surface area contributed by atoms with Crippen molar-refractivity contribution in [1.29, 1.82) is 0 Å². The van der Waals surface area contributed by atoms with Crippen LogP contribution in [0.2, 0.25) is 0 Å². The van der Waals surface area contributed by atoms with Crippen LogP contribution in [0, 0.1) is 5.92 Å². The molecule has 0 spiro atoms. The predicted octanol–water partition coefficient (Wildman–Crippen LogP) is 3.68. The van der Waals surface area contributed by atoms with Gasteiger partial charge < -0.3 is 25.1 Å². The molecule has 30 heavy (non-hydrogen) atoms. The maximum atomic E-state index is 11.6. The molecule has 1 saturated heterocycles. The van der Waals surface area contributed by atoms with Crippen LogP contribution >= 0.6 is 0 Å². The molecule has 0 unspecified atom stereocenters. The van der Waals surface area contributed by atoms with Crippen molar-refractivity contribution in [2.24, 2.45) is 11.7 Å². The first-order valence-corrected chi connectivity index (χ1v) is 10.4. The molecule has 3 N–H and O–H groups in total. The fourth-order valence-corrected chi connectivity index (χ4v) is 3.26. The van der Waals surface area contributed by atoms with Gasteiger partial charge in [0, 0.05) is 13.0 Å². The first-order valence-electron chi connectivity index (χ1n) is 10.4. The van der Waals surface area contributed by atoms with E-state index < -0.39 is 12.1 Å². The SMILES string of the molecule is CCCCCCCCC[C@@H]1OC[C@@H](C)[C@H](OC)[C@@H]1OC(=O)CN.O=C(O)C(F)(F)F. The summed E-state index contributed by atoms with van der Waals surface area (Å²) >= 11 is 0. The first kappa shape index (κ1) is 28.6. The minimum Gasteiger partial charge on any atom is -0.475 e. The van der Waals surface area contributed by atoms with Gasteiger partial charge >= 0.3 is 18.1 Å². The number of halogens is 3. The molecule has 0 aliphatic carbocycles. The highest BCUT2D eigenvalue weighted by atomic mass is 19.4. The van der Waals surface area contributed by atoms with Crippen molar-refractivity contribution >= 4 is 11.9 Å². The fraction of sp³-hybridized carbons (Fsp3) is 0.900. The quantitative estimate of drug-likeness (QED) is 0.370. The highest BCUT2D eigenvalue weighted by Gasteiger charge is 2.41. The van der Waals surface area contributed by atoms with Crippen LogP contribution in [0.15, 0.2) is 0 Å². The van der Waals surface area contributed by atoms with Crippen LogP contribution in [0.5, 0.6) is 0 Å². The Morgan fingerprint density at radius 2 is 1.63 bits per heavy atom. The van der Waals surface area contributed by atoms with Gasteiger partial charge in [0.1, 0.15) is 6.10 Å². The Kier molecular flexibility index (Phi) is 14.7. The van der Waals surface area contributed by atoms with E-state index >= 15 is 0 Å². The Bertz CT molecular complexity index is 490. The highest BCUT2D eigenvalue weighted by molar-refractivity contribution is 5.73. The zero-order chi connectivity index (χ0) is 23.2. The van der Waals surface area contributed by atoms with Gasteiger partial charge in [-0.25, -0.2) is 4.79 Å². The van der Waals surface area contributed by atoms with E-state index in [9.17, 15) is 18.0 Å². The standard InChI is InChI=1S/C18H35NO4.C2HF3O2/c1-4-5-6-7-8-9-10-11-15-18(23-16(20)12-19)17(21-3)14(2)13-22-15;3-2(4,5)1(6)7/h14-15,17-18H,4-13,19H2,1-3H3;(H,6,7)/t14-,15+,17+,18-;/m1./s1. The van der Waals surface area contributed by atoms with Crippen LogP contribution in [-0.2, 0) is 23.8 Å². The van der Waals surface area contributed by atoms with Crippen molar-refractivity contribution in [3.63, 3.8) is 0 Å². The Labute approximate surface area is 176 Å². The molecule has 0 saturated carbocycles. The van der Waals surface area contributed by atoms with Crippen molar-refractivity contribution in [2.75, 3.05) is 20.3 Å².